The van der Waals surface area contributed by atoms with Crippen LogP contribution >= 0.6 is 15.9 Å². The van der Waals surface area contributed by atoms with Crippen LogP contribution in [0.2, 0.25) is 0 Å². The van der Waals surface area contributed by atoms with Gasteiger partial charge in [0.15, 0.2) is 11.5 Å². The van der Waals surface area contributed by atoms with Crippen molar-refractivity contribution in [2.45, 2.75) is 38.5 Å². The van der Waals surface area contributed by atoms with Gasteiger partial charge in [0.05, 0.1) is 4.47 Å². The summed E-state index contributed by atoms with van der Waals surface area (Å²) in [6.45, 7) is 7.97. The van der Waals surface area contributed by atoms with Crippen LogP contribution in [0, 0.1) is 0 Å². The molecule has 2 heterocycles. The first-order valence-electron chi connectivity index (χ1n) is 7.51. The molecule has 0 saturated carbocycles. The predicted octanol–water partition coefficient (Wildman–Crippen LogP) is 3.81. The van der Waals surface area contributed by atoms with Gasteiger partial charge in [-0.25, -0.2) is 0 Å². The van der Waals surface area contributed by atoms with Crippen molar-refractivity contribution in [2.24, 2.45) is 0 Å². The van der Waals surface area contributed by atoms with Gasteiger partial charge in [-0.2, -0.15) is 0 Å². The van der Waals surface area contributed by atoms with Gasteiger partial charge in [-0.1, -0.05) is 13.8 Å². The van der Waals surface area contributed by atoms with Crippen LogP contribution in [0.15, 0.2) is 10.5 Å². The molecule has 2 aliphatic rings. The lowest BCUT2D eigenvalue weighted by molar-refractivity contribution is 0.169. The number of halogens is 1. The number of hydrogen-bond acceptors (Lipinski definition) is 3. The molecule has 3 rings (SSSR count). The molecule has 1 unspecified atom stereocenters. The maximum absolute atomic E-state index is 5.80. The van der Waals surface area contributed by atoms with Gasteiger partial charge in [-0.15, -0.1) is 0 Å². The molecule has 0 radical (unpaired) electrons. The summed E-state index contributed by atoms with van der Waals surface area (Å²) in [5, 5.41) is 3.51. The highest BCUT2D eigenvalue weighted by Crippen LogP contribution is 2.46. The summed E-state index contributed by atoms with van der Waals surface area (Å²) < 4.78 is 12.7. The van der Waals surface area contributed by atoms with Crippen LogP contribution in [0.1, 0.15) is 49.7 Å². The molecule has 1 saturated heterocycles. The average molecular weight is 340 g/mol. The van der Waals surface area contributed by atoms with E-state index in [-0.39, 0.29) is 0 Å². The van der Waals surface area contributed by atoms with Gasteiger partial charge in [0.1, 0.15) is 13.2 Å². The fraction of sp³-hybridized carbons (Fsp3) is 0.625. The second kappa shape index (κ2) is 5.94. The number of piperidine rings is 1. The number of hydrogen-bond donors (Lipinski definition) is 1. The minimum atomic E-state index is 0.470. The third-order valence-corrected chi connectivity index (χ3v) is 4.95. The molecule has 0 aromatic heterocycles. The molecular weight excluding hydrogens is 318 g/mol. The molecule has 1 aromatic rings. The standard InChI is InChI=1S/C16H22BrNO2/c1-10(2)14-12(11-4-3-5-18-9-11)8-13-16(15(14)17)20-7-6-19-13/h8,10-11,18H,3-7,9H2,1-2H3. The maximum Gasteiger partial charge on any atom is 0.175 e. The molecule has 0 bridgehead atoms. The molecule has 0 spiro atoms. The van der Waals surface area contributed by atoms with E-state index in [1.807, 2.05) is 0 Å². The molecule has 1 aromatic carbocycles. The van der Waals surface area contributed by atoms with Crippen LogP contribution < -0.4 is 14.8 Å². The van der Waals surface area contributed by atoms with Crippen LogP contribution in [0.5, 0.6) is 11.5 Å². The summed E-state index contributed by atoms with van der Waals surface area (Å²) in [7, 11) is 0. The lowest BCUT2D eigenvalue weighted by atomic mass is 9.84. The molecule has 110 valence electrons. The van der Waals surface area contributed by atoms with E-state index in [4.69, 9.17) is 9.47 Å². The Bertz CT molecular complexity index is 496. The zero-order valence-corrected chi connectivity index (χ0v) is 13.8. The van der Waals surface area contributed by atoms with E-state index >= 15 is 0 Å². The van der Waals surface area contributed by atoms with Crippen molar-refractivity contribution in [3.8, 4) is 11.5 Å². The third-order valence-electron chi connectivity index (χ3n) is 4.16. The fourth-order valence-corrected chi connectivity index (χ4v) is 4.22. The number of nitrogens with one attached hydrogen (secondary N) is 1. The first-order chi connectivity index (χ1) is 9.68. The van der Waals surface area contributed by atoms with Crippen molar-refractivity contribution in [1.82, 2.24) is 5.32 Å². The van der Waals surface area contributed by atoms with Gasteiger partial charge in [0.25, 0.3) is 0 Å². The number of ether oxygens (including phenoxy) is 2. The van der Waals surface area contributed by atoms with E-state index in [0.29, 0.717) is 25.0 Å². The Hall–Kier alpha value is -0.740. The Balaban J connectivity index is 2.08. The number of benzene rings is 1. The van der Waals surface area contributed by atoms with Gasteiger partial charge < -0.3 is 14.8 Å². The van der Waals surface area contributed by atoms with Crippen molar-refractivity contribution in [1.29, 1.82) is 0 Å². The zero-order chi connectivity index (χ0) is 14.1. The van der Waals surface area contributed by atoms with Crippen LogP contribution in [-0.2, 0) is 0 Å². The van der Waals surface area contributed by atoms with Gasteiger partial charge >= 0.3 is 0 Å². The monoisotopic (exact) mass is 339 g/mol. The second-order valence-electron chi connectivity index (χ2n) is 5.92. The quantitative estimate of drug-likeness (QED) is 0.888. The normalized spacial score (nSPS) is 22.1. The van der Waals surface area contributed by atoms with E-state index < -0.39 is 0 Å². The van der Waals surface area contributed by atoms with Crippen LogP contribution in [0.25, 0.3) is 0 Å². The smallest absolute Gasteiger partial charge is 0.175 e. The fourth-order valence-electron chi connectivity index (χ4n) is 3.22. The predicted molar refractivity (Wildman–Crippen MR) is 84.1 cm³/mol. The van der Waals surface area contributed by atoms with Gasteiger partial charge in [0.2, 0.25) is 0 Å². The highest BCUT2D eigenvalue weighted by Gasteiger charge is 2.27. The molecule has 4 heteroatoms. The van der Waals surface area contributed by atoms with Crippen molar-refractivity contribution in [3.63, 3.8) is 0 Å². The molecule has 0 aliphatic carbocycles. The summed E-state index contributed by atoms with van der Waals surface area (Å²) in [4.78, 5) is 0. The van der Waals surface area contributed by atoms with Crippen LogP contribution in [-0.4, -0.2) is 26.3 Å². The molecule has 1 fully saturated rings. The van der Waals surface area contributed by atoms with Crippen LogP contribution in [0.4, 0.5) is 0 Å². The molecule has 1 N–H and O–H groups in total. The van der Waals surface area contributed by atoms with Crippen molar-refractivity contribution in [3.05, 3.63) is 21.7 Å². The molecular formula is C16H22BrNO2. The maximum atomic E-state index is 5.80. The average Bonchev–Trinajstić information content (AvgIpc) is 2.47. The topological polar surface area (TPSA) is 30.5 Å². The lowest BCUT2D eigenvalue weighted by Crippen LogP contribution is -2.29. The molecule has 1 atom stereocenters. The SMILES string of the molecule is CC(C)c1c(C2CCCNC2)cc2c(c1Br)OCCO2. The summed E-state index contributed by atoms with van der Waals surface area (Å²) in [5.41, 5.74) is 2.80. The third kappa shape index (κ3) is 2.56. The van der Waals surface area contributed by atoms with Crippen molar-refractivity contribution in [2.75, 3.05) is 26.3 Å². The van der Waals surface area contributed by atoms with Gasteiger partial charge in [0, 0.05) is 6.54 Å². The minimum absolute atomic E-state index is 0.470. The first-order valence-corrected chi connectivity index (χ1v) is 8.30. The van der Waals surface area contributed by atoms with E-state index in [0.717, 1.165) is 29.1 Å². The lowest BCUT2D eigenvalue weighted by Gasteiger charge is -2.30. The van der Waals surface area contributed by atoms with Gasteiger partial charge in [-0.05, 0) is 64.3 Å². The highest BCUT2D eigenvalue weighted by atomic mass is 79.9. The molecule has 2 aliphatic heterocycles. The van der Waals surface area contributed by atoms with Crippen LogP contribution in [0.3, 0.4) is 0 Å². The highest BCUT2D eigenvalue weighted by molar-refractivity contribution is 9.10. The summed E-state index contributed by atoms with van der Waals surface area (Å²) >= 11 is 3.76. The van der Waals surface area contributed by atoms with E-state index in [2.05, 4.69) is 41.2 Å². The first kappa shape index (κ1) is 14.2. The summed E-state index contributed by atoms with van der Waals surface area (Å²) in [6, 6.07) is 2.21. The van der Waals surface area contributed by atoms with Gasteiger partial charge in [-0.3, -0.25) is 0 Å². The Morgan fingerprint density at radius 3 is 2.80 bits per heavy atom. The summed E-state index contributed by atoms with van der Waals surface area (Å²) in [5.74, 6) is 2.82. The Kier molecular flexibility index (Phi) is 4.22. The molecule has 20 heavy (non-hydrogen) atoms. The Labute approximate surface area is 129 Å². The zero-order valence-electron chi connectivity index (χ0n) is 12.2. The minimum Gasteiger partial charge on any atom is -0.486 e. The Morgan fingerprint density at radius 2 is 2.10 bits per heavy atom. The second-order valence-corrected chi connectivity index (χ2v) is 6.71. The van der Waals surface area contributed by atoms with E-state index in [9.17, 15) is 0 Å². The molecule has 3 nitrogen and oxygen atoms in total. The van der Waals surface area contributed by atoms with Crippen molar-refractivity contribution < 1.29 is 9.47 Å². The number of rotatable bonds is 2. The summed E-state index contributed by atoms with van der Waals surface area (Å²) in [6.07, 6.45) is 2.49. The number of fused-ring (bicyclic) bond motifs is 1. The largest absolute Gasteiger partial charge is 0.486 e. The van der Waals surface area contributed by atoms with Crippen molar-refractivity contribution >= 4 is 15.9 Å². The van der Waals surface area contributed by atoms with E-state index in [1.165, 1.54) is 24.0 Å². The molecule has 0 amide bonds. The van der Waals surface area contributed by atoms with E-state index in [1.54, 1.807) is 0 Å². The Morgan fingerprint density at radius 1 is 1.30 bits per heavy atom.